The van der Waals surface area contributed by atoms with Crippen molar-refractivity contribution in [2.75, 3.05) is 39.8 Å². The van der Waals surface area contributed by atoms with Gasteiger partial charge in [0.2, 0.25) is 0 Å². The van der Waals surface area contributed by atoms with E-state index in [9.17, 15) is 0 Å². The van der Waals surface area contributed by atoms with Crippen LogP contribution in [0, 0.1) is 0 Å². The van der Waals surface area contributed by atoms with Gasteiger partial charge in [0.05, 0.1) is 0 Å². The van der Waals surface area contributed by atoms with Gasteiger partial charge >= 0.3 is 0 Å². The lowest BCUT2D eigenvalue weighted by Gasteiger charge is -2.25. The Morgan fingerprint density at radius 1 is 1.24 bits per heavy atom. The van der Waals surface area contributed by atoms with Crippen LogP contribution in [0.4, 0.5) is 0 Å². The molecule has 1 aromatic heterocycles. The Balaban J connectivity index is 1.29. The van der Waals surface area contributed by atoms with Gasteiger partial charge in [0.15, 0.2) is 5.96 Å². The fourth-order valence-corrected chi connectivity index (χ4v) is 4.13. The summed E-state index contributed by atoms with van der Waals surface area (Å²) in [7, 11) is 1.88. The number of guanidine groups is 1. The molecule has 2 fully saturated rings. The minimum atomic E-state index is 0.705. The van der Waals surface area contributed by atoms with Gasteiger partial charge in [-0.25, -0.2) is 0 Å². The molecule has 25 heavy (non-hydrogen) atoms. The largest absolute Gasteiger partial charge is 0.461 e. The molecule has 1 N–H and O–H groups in total. The van der Waals surface area contributed by atoms with Gasteiger partial charge in [0, 0.05) is 44.5 Å². The second kappa shape index (κ2) is 7.48. The third kappa shape index (κ3) is 3.66. The predicted octanol–water partition coefficient (Wildman–Crippen LogP) is 2.72. The lowest BCUT2D eigenvalue weighted by Crippen LogP contribution is -2.43. The van der Waals surface area contributed by atoms with Crippen LogP contribution in [-0.2, 0) is 6.42 Å². The summed E-state index contributed by atoms with van der Waals surface area (Å²) in [5.74, 6) is 2.05. The van der Waals surface area contributed by atoms with Gasteiger partial charge in [-0.15, -0.1) is 0 Å². The van der Waals surface area contributed by atoms with Gasteiger partial charge in [0.25, 0.3) is 0 Å². The lowest BCUT2D eigenvalue weighted by molar-refractivity contribution is 0.249. The van der Waals surface area contributed by atoms with E-state index in [-0.39, 0.29) is 0 Å². The fraction of sp³-hybridized carbons (Fsp3) is 0.550. The van der Waals surface area contributed by atoms with Crippen molar-refractivity contribution in [2.45, 2.75) is 31.7 Å². The number of rotatable bonds is 4. The Kier molecular flexibility index (Phi) is 4.92. The fourth-order valence-electron chi connectivity index (χ4n) is 4.13. The van der Waals surface area contributed by atoms with E-state index in [1.165, 1.54) is 37.7 Å². The number of nitrogens with zero attached hydrogens (tertiary/aromatic N) is 3. The SMILES string of the molecule is CN=C(NCCc1cc2ccccc2o1)N1CCC(N2CCCC2)C1. The molecule has 0 aliphatic carbocycles. The highest BCUT2D eigenvalue weighted by Crippen LogP contribution is 2.21. The summed E-state index contributed by atoms with van der Waals surface area (Å²) in [4.78, 5) is 9.55. The molecule has 5 nitrogen and oxygen atoms in total. The first-order valence-electron chi connectivity index (χ1n) is 9.50. The van der Waals surface area contributed by atoms with Gasteiger partial charge in [-0.05, 0) is 44.5 Å². The van der Waals surface area contributed by atoms with Crippen LogP contribution in [0.25, 0.3) is 11.0 Å². The van der Waals surface area contributed by atoms with Gasteiger partial charge < -0.3 is 14.6 Å². The van der Waals surface area contributed by atoms with E-state index >= 15 is 0 Å². The average Bonchev–Trinajstić information content (AvgIpc) is 3.38. The van der Waals surface area contributed by atoms with Crippen LogP contribution in [0.2, 0.25) is 0 Å². The predicted molar refractivity (Wildman–Crippen MR) is 102 cm³/mol. The average molecular weight is 340 g/mol. The van der Waals surface area contributed by atoms with E-state index in [4.69, 9.17) is 4.42 Å². The summed E-state index contributed by atoms with van der Waals surface area (Å²) in [5, 5.41) is 4.69. The maximum atomic E-state index is 5.89. The van der Waals surface area contributed by atoms with Crippen LogP contribution >= 0.6 is 0 Å². The van der Waals surface area contributed by atoms with Crippen molar-refractivity contribution in [1.82, 2.24) is 15.1 Å². The number of aliphatic imine (C=N–C) groups is 1. The Bertz CT molecular complexity index is 699. The smallest absolute Gasteiger partial charge is 0.193 e. The molecule has 2 aliphatic heterocycles. The van der Waals surface area contributed by atoms with E-state index in [0.717, 1.165) is 43.4 Å². The van der Waals surface area contributed by atoms with Crippen molar-refractivity contribution in [3.63, 3.8) is 0 Å². The summed E-state index contributed by atoms with van der Waals surface area (Å²) in [6, 6.07) is 11.0. The summed E-state index contributed by atoms with van der Waals surface area (Å²) >= 11 is 0. The minimum absolute atomic E-state index is 0.705. The third-order valence-corrected chi connectivity index (χ3v) is 5.46. The second-order valence-corrected chi connectivity index (χ2v) is 7.11. The maximum absolute atomic E-state index is 5.89. The molecule has 0 radical (unpaired) electrons. The quantitative estimate of drug-likeness (QED) is 0.687. The number of nitrogens with one attached hydrogen (secondary N) is 1. The summed E-state index contributed by atoms with van der Waals surface area (Å²) in [6.45, 7) is 5.60. The highest BCUT2D eigenvalue weighted by molar-refractivity contribution is 5.80. The molecule has 5 heteroatoms. The van der Waals surface area contributed by atoms with Crippen LogP contribution < -0.4 is 5.32 Å². The molecule has 0 amide bonds. The topological polar surface area (TPSA) is 44.0 Å². The Hall–Kier alpha value is -2.01. The first-order valence-corrected chi connectivity index (χ1v) is 9.50. The molecule has 0 bridgehead atoms. The molecule has 3 heterocycles. The van der Waals surface area contributed by atoms with Crippen LogP contribution in [0.3, 0.4) is 0 Å². The third-order valence-electron chi connectivity index (χ3n) is 5.46. The molecule has 2 aliphatic rings. The Labute approximate surface area is 149 Å². The van der Waals surface area contributed by atoms with Crippen molar-refractivity contribution in [2.24, 2.45) is 4.99 Å². The van der Waals surface area contributed by atoms with Gasteiger partial charge in [0.1, 0.15) is 11.3 Å². The zero-order valence-electron chi connectivity index (χ0n) is 15.1. The number of likely N-dealkylation sites (tertiary alicyclic amines) is 2. The van der Waals surface area contributed by atoms with Gasteiger partial charge in [-0.3, -0.25) is 9.89 Å². The van der Waals surface area contributed by atoms with E-state index in [0.29, 0.717) is 6.04 Å². The Morgan fingerprint density at radius 3 is 2.88 bits per heavy atom. The van der Waals surface area contributed by atoms with Crippen LogP contribution in [0.1, 0.15) is 25.0 Å². The zero-order chi connectivity index (χ0) is 17.1. The number of para-hydroxylation sites is 1. The lowest BCUT2D eigenvalue weighted by atomic mass is 10.2. The number of benzene rings is 1. The molecule has 0 saturated carbocycles. The number of hydrogen-bond donors (Lipinski definition) is 1. The normalized spacial score (nSPS) is 22.2. The molecular formula is C20H28N4O. The van der Waals surface area contributed by atoms with Crippen molar-refractivity contribution in [1.29, 1.82) is 0 Å². The standard InChI is InChI=1S/C20H28N4O/c1-21-20(24-13-9-17(15-24)23-11-4-5-12-23)22-10-8-18-14-16-6-2-3-7-19(16)25-18/h2-3,6-7,14,17H,4-5,8-13,15H2,1H3,(H,21,22). The first kappa shape index (κ1) is 16.5. The molecule has 2 saturated heterocycles. The molecule has 134 valence electrons. The highest BCUT2D eigenvalue weighted by Gasteiger charge is 2.30. The molecule has 1 atom stereocenters. The van der Waals surface area contributed by atoms with Crippen LogP contribution in [-0.4, -0.2) is 61.6 Å². The van der Waals surface area contributed by atoms with Crippen LogP contribution in [0.15, 0.2) is 39.7 Å². The summed E-state index contributed by atoms with van der Waals surface area (Å²) in [5.41, 5.74) is 0.967. The van der Waals surface area contributed by atoms with E-state index in [1.54, 1.807) is 0 Å². The van der Waals surface area contributed by atoms with Crippen molar-refractivity contribution in [3.8, 4) is 0 Å². The number of furan rings is 1. The van der Waals surface area contributed by atoms with E-state index < -0.39 is 0 Å². The first-order chi connectivity index (χ1) is 12.3. The van der Waals surface area contributed by atoms with Gasteiger partial charge in [-0.1, -0.05) is 18.2 Å². The van der Waals surface area contributed by atoms with E-state index in [1.807, 2.05) is 25.2 Å². The van der Waals surface area contributed by atoms with Crippen molar-refractivity contribution < 1.29 is 4.42 Å². The zero-order valence-corrected chi connectivity index (χ0v) is 15.1. The minimum Gasteiger partial charge on any atom is -0.461 e. The molecule has 2 aromatic rings. The second-order valence-electron chi connectivity index (χ2n) is 7.11. The Morgan fingerprint density at radius 2 is 2.08 bits per heavy atom. The highest BCUT2D eigenvalue weighted by atomic mass is 16.3. The van der Waals surface area contributed by atoms with Crippen LogP contribution in [0.5, 0.6) is 0 Å². The van der Waals surface area contributed by atoms with Crippen molar-refractivity contribution in [3.05, 3.63) is 36.1 Å². The van der Waals surface area contributed by atoms with Crippen molar-refractivity contribution >= 4 is 16.9 Å². The summed E-state index contributed by atoms with van der Waals surface area (Å²) in [6.07, 6.45) is 4.85. The number of hydrogen-bond acceptors (Lipinski definition) is 3. The maximum Gasteiger partial charge on any atom is 0.193 e. The summed E-state index contributed by atoms with van der Waals surface area (Å²) < 4.78 is 5.89. The molecule has 1 unspecified atom stereocenters. The molecular weight excluding hydrogens is 312 g/mol. The van der Waals surface area contributed by atoms with E-state index in [2.05, 4.69) is 32.2 Å². The van der Waals surface area contributed by atoms with Gasteiger partial charge in [-0.2, -0.15) is 0 Å². The molecule has 1 aromatic carbocycles. The number of fused-ring (bicyclic) bond motifs is 1. The molecule has 0 spiro atoms. The molecule has 4 rings (SSSR count). The monoisotopic (exact) mass is 340 g/mol.